The van der Waals surface area contributed by atoms with Crippen molar-refractivity contribution in [1.82, 2.24) is 5.32 Å². The molecule has 0 saturated carbocycles. The lowest BCUT2D eigenvalue weighted by Gasteiger charge is -2.27. The van der Waals surface area contributed by atoms with Gasteiger partial charge in [-0.25, -0.2) is 0 Å². The van der Waals surface area contributed by atoms with Crippen LogP contribution in [0.15, 0.2) is 0 Å². The molecule has 0 spiro atoms. The molecule has 0 aromatic rings. The highest BCUT2D eigenvalue weighted by atomic mass is 16.5. The summed E-state index contributed by atoms with van der Waals surface area (Å²) in [6, 6.07) is 2.56. The predicted molar refractivity (Wildman–Crippen MR) is 42.1 cm³/mol. The van der Waals surface area contributed by atoms with Crippen LogP contribution >= 0.6 is 0 Å². The van der Waals surface area contributed by atoms with Gasteiger partial charge in [0.25, 0.3) is 0 Å². The second-order valence-corrected chi connectivity index (χ2v) is 2.90. The van der Waals surface area contributed by atoms with Crippen molar-refractivity contribution >= 4 is 0 Å². The fourth-order valence-corrected chi connectivity index (χ4v) is 1.37. The van der Waals surface area contributed by atoms with Gasteiger partial charge in [-0.05, 0) is 12.8 Å². The van der Waals surface area contributed by atoms with Crippen LogP contribution in [0.2, 0.25) is 0 Å². The van der Waals surface area contributed by atoms with Crippen molar-refractivity contribution < 1.29 is 4.74 Å². The summed E-state index contributed by atoms with van der Waals surface area (Å²) in [6.07, 6.45) is 3.11. The maximum atomic E-state index is 8.42. The van der Waals surface area contributed by atoms with Crippen molar-refractivity contribution in [3.8, 4) is 6.07 Å². The summed E-state index contributed by atoms with van der Waals surface area (Å²) in [5.74, 6) is 0. The smallest absolute Gasteiger partial charge is 0.0696 e. The van der Waals surface area contributed by atoms with Crippen LogP contribution in [0, 0.1) is 11.3 Å². The lowest BCUT2D eigenvalue weighted by atomic mass is 10.0. The van der Waals surface area contributed by atoms with Crippen molar-refractivity contribution in [2.24, 2.45) is 0 Å². The molecule has 2 atom stereocenters. The van der Waals surface area contributed by atoms with E-state index in [1.165, 1.54) is 0 Å². The molecule has 1 saturated heterocycles. The average Bonchev–Trinajstić information content (AvgIpc) is 2.07. The summed E-state index contributed by atoms with van der Waals surface area (Å²) in [5.41, 5.74) is 0. The second-order valence-electron chi connectivity index (χ2n) is 2.90. The average molecular weight is 154 g/mol. The Morgan fingerprint density at radius 3 is 2.91 bits per heavy atom. The molecule has 1 N–H and O–H groups in total. The number of nitrogens with zero attached hydrogens (tertiary/aromatic N) is 1. The number of nitrogens with one attached hydrogen (secondary N) is 1. The van der Waals surface area contributed by atoms with Gasteiger partial charge in [0.05, 0.1) is 18.6 Å². The summed E-state index contributed by atoms with van der Waals surface area (Å²) >= 11 is 0. The van der Waals surface area contributed by atoms with Crippen LogP contribution in [0.4, 0.5) is 0 Å². The molecule has 0 bridgehead atoms. The Kier molecular flexibility index (Phi) is 3.34. The van der Waals surface area contributed by atoms with E-state index < -0.39 is 0 Å². The van der Waals surface area contributed by atoms with Crippen molar-refractivity contribution in [1.29, 1.82) is 5.26 Å². The largest absolute Gasteiger partial charge is 0.380 e. The Hall–Kier alpha value is -0.590. The molecular weight excluding hydrogens is 140 g/mol. The molecule has 1 rings (SSSR count). The molecule has 0 aromatic heterocycles. The monoisotopic (exact) mass is 154 g/mol. The molecule has 1 aliphatic heterocycles. The number of nitriles is 1. The van der Waals surface area contributed by atoms with Crippen LogP contribution in [0.1, 0.15) is 19.3 Å². The molecular formula is C8H14N2O. The van der Waals surface area contributed by atoms with Crippen molar-refractivity contribution in [2.75, 3.05) is 13.7 Å². The van der Waals surface area contributed by atoms with Crippen LogP contribution in [0.5, 0.6) is 0 Å². The third-order valence-electron chi connectivity index (χ3n) is 2.14. The highest BCUT2D eigenvalue weighted by Gasteiger charge is 2.19. The van der Waals surface area contributed by atoms with Gasteiger partial charge in [0.15, 0.2) is 0 Å². The molecule has 0 aliphatic carbocycles. The molecule has 62 valence electrons. The molecule has 0 radical (unpaired) electrons. The number of methoxy groups -OCH3 is 1. The van der Waals surface area contributed by atoms with Crippen molar-refractivity contribution in [2.45, 2.75) is 31.4 Å². The molecule has 1 aliphatic rings. The van der Waals surface area contributed by atoms with E-state index in [0.29, 0.717) is 18.6 Å². The van der Waals surface area contributed by atoms with E-state index in [9.17, 15) is 0 Å². The molecule has 11 heavy (non-hydrogen) atoms. The number of rotatable bonds is 2. The van der Waals surface area contributed by atoms with E-state index in [4.69, 9.17) is 10.00 Å². The van der Waals surface area contributed by atoms with Gasteiger partial charge in [-0.3, -0.25) is 0 Å². The molecule has 1 fully saturated rings. The molecule has 3 heteroatoms. The van der Waals surface area contributed by atoms with Gasteiger partial charge < -0.3 is 10.1 Å². The topological polar surface area (TPSA) is 45.0 Å². The number of hydrogen-bond acceptors (Lipinski definition) is 3. The van der Waals surface area contributed by atoms with E-state index in [1.54, 1.807) is 7.11 Å². The maximum Gasteiger partial charge on any atom is 0.0696 e. The molecule has 0 aromatic carbocycles. The third-order valence-corrected chi connectivity index (χ3v) is 2.14. The van der Waals surface area contributed by atoms with Gasteiger partial charge in [0, 0.05) is 19.7 Å². The first kappa shape index (κ1) is 8.51. The van der Waals surface area contributed by atoms with Crippen LogP contribution < -0.4 is 5.32 Å². The first-order chi connectivity index (χ1) is 5.36. The van der Waals surface area contributed by atoms with E-state index in [0.717, 1.165) is 19.4 Å². The first-order valence-electron chi connectivity index (χ1n) is 4.00. The normalized spacial score (nSPS) is 31.3. The second kappa shape index (κ2) is 4.32. The zero-order chi connectivity index (χ0) is 8.10. The highest BCUT2D eigenvalue weighted by molar-refractivity contribution is 4.85. The molecule has 0 amide bonds. The minimum atomic E-state index is 0.352. The van der Waals surface area contributed by atoms with E-state index in [2.05, 4.69) is 11.4 Å². The fraction of sp³-hybridized carbons (Fsp3) is 0.875. The highest BCUT2D eigenvalue weighted by Crippen LogP contribution is 2.11. The molecule has 3 nitrogen and oxygen atoms in total. The summed E-state index contributed by atoms with van der Waals surface area (Å²) < 4.78 is 5.17. The van der Waals surface area contributed by atoms with E-state index >= 15 is 0 Å². The molecule has 1 heterocycles. The van der Waals surface area contributed by atoms with Gasteiger partial charge in [-0.15, -0.1) is 0 Å². The van der Waals surface area contributed by atoms with Gasteiger partial charge in [0.2, 0.25) is 0 Å². The standard InChI is InChI=1S/C8H14N2O/c1-11-8-3-2-7(4-5-9)10-6-8/h7-8,10H,2-4,6H2,1H3. The van der Waals surface area contributed by atoms with Crippen molar-refractivity contribution in [3.63, 3.8) is 0 Å². The lowest BCUT2D eigenvalue weighted by Crippen LogP contribution is -2.41. The quantitative estimate of drug-likeness (QED) is 0.635. The lowest BCUT2D eigenvalue weighted by molar-refractivity contribution is 0.0710. The van der Waals surface area contributed by atoms with Crippen LogP contribution in [0.25, 0.3) is 0 Å². The van der Waals surface area contributed by atoms with Crippen LogP contribution in [-0.2, 0) is 4.74 Å². The zero-order valence-electron chi connectivity index (χ0n) is 6.84. The Morgan fingerprint density at radius 2 is 2.45 bits per heavy atom. The maximum absolute atomic E-state index is 8.42. The van der Waals surface area contributed by atoms with Gasteiger partial charge >= 0.3 is 0 Å². The van der Waals surface area contributed by atoms with Gasteiger partial charge in [-0.2, -0.15) is 5.26 Å². The number of piperidine rings is 1. The Labute approximate surface area is 67.3 Å². The summed E-state index contributed by atoms with van der Waals surface area (Å²) in [4.78, 5) is 0. The van der Waals surface area contributed by atoms with Gasteiger partial charge in [0.1, 0.15) is 0 Å². The van der Waals surface area contributed by atoms with E-state index in [1.807, 2.05) is 0 Å². The Morgan fingerprint density at radius 1 is 1.64 bits per heavy atom. The summed E-state index contributed by atoms with van der Waals surface area (Å²) in [7, 11) is 1.73. The SMILES string of the molecule is COC1CCC(CC#N)NC1. The third kappa shape index (κ3) is 2.49. The van der Waals surface area contributed by atoms with Crippen LogP contribution in [-0.4, -0.2) is 25.8 Å². The predicted octanol–water partition coefficient (Wildman–Crippen LogP) is 0.667. The minimum absolute atomic E-state index is 0.352. The number of hydrogen-bond donors (Lipinski definition) is 1. The Balaban J connectivity index is 2.20. The van der Waals surface area contributed by atoms with E-state index in [-0.39, 0.29) is 0 Å². The first-order valence-corrected chi connectivity index (χ1v) is 4.00. The minimum Gasteiger partial charge on any atom is -0.380 e. The van der Waals surface area contributed by atoms with Crippen molar-refractivity contribution in [3.05, 3.63) is 0 Å². The number of ether oxygens (including phenoxy) is 1. The summed E-state index contributed by atoms with van der Waals surface area (Å²) in [5, 5.41) is 11.7. The summed E-state index contributed by atoms with van der Waals surface area (Å²) in [6.45, 7) is 0.892. The fourth-order valence-electron chi connectivity index (χ4n) is 1.37. The molecule has 2 unspecified atom stereocenters. The Bertz CT molecular complexity index is 145. The van der Waals surface area contributed by atoms with Crippen LogP contribution in [0.3, 0.4) is 0 Å². The zero-order valence-corrected chi connectivity index (χ0v) is 6.84. The van der Waals surface area contributed by atoms with Gasteiger partial charge in [-0.1, -0.05) is 0 Å².